The van der Waals surface area contributed by atoms with E-state index in [1.807, 2.05) is 31.2 Å². The summed E-state index contributed by atoms with van der Waals surface area (Å²) < 4.78 is 10.4. The number of carbonyl (C=O) groups excluding carboxylic acids is 3. The van der Waals surface area contributed by atoms with Gasteiger partial charge < -0.3 is 19.8 Å². The van der Waals surface area contributed by atoms with Crippen LogP contribution < -0.4 is 10.1 Å². The first-order valence-electron chi connectivity index (χ1n) is 9.64. The molecular weight excluding hydrogens is 384 g/mol. The van der Waals surface area contributed by atoms with E-state index in [1.165, 1.54) is 7.11 Å². The number of nitrogens with one attached hydrogen (secondary N) is 2. The van der Waals surface area contributed by atoms with Gasteiger partial charge in [-0.1, -0.05) is 30.3 Å². The fraction of sp³-hybridized carbons (Fsp3) is 0.261. The lowest BCUT2D eigenvalue weighted by Gasteiger charge is -2.13. The minimum atomic E-state index is -0.930. The molecule has 2 N–H and O–H groups in total. The van der Waals surface area contributed by atoms with Crippen LogP contribution in [0.4, 0.5) is 0 Å². The van der Waals surface area contributed by atoms with Gasteiger partial charge in [-0.2, -0.15) is 0 Å². The molecule has 156 valence electrons. The summed E-state index contributed by atoms with van der Waals surface area (Å²) in [5, 5.41) is 3.46. The molecule has 7 heteroatoms. The number of ether oxygens (including phenoxy) is 2. The molecule has 0 unspecified atom stereocenters. The molecular formula is C23H24N2O5. The quantitative estimate of drug-likeness (QED) is 0.440. The summed E-state index contributed by atoms with van der Waals surface area (Å²) >= 11 is 0. The third-order valence-electron chi connectivity index (χ3n) is 4.78. The number of methoxy groups -OCH3 is 1. The molecule has 1 amide bonds. The second-order valence-corrected chi connectivity index (χ2v) is 6.87. The number of hydrogen-bond donors (Lipinski definition) is 2. The lowest BCUT2D eigenvalue weighted by atomic mass is 10.0. The highest BCUT2D eigenvalue weighted by Crippen LogP contribution is 2.24. The van der Waals surface area contributed by atoms with E-state index in [-0.39, 0.29) is 24.7 Å². The van der Waals surface area contributed by atoms with Crippen molar-refractivity contribution in [2.24, 2.45) is 0 Å². The maximum absolute atomic E-state index is 12.8. The van der Waals surface area contributed by atoms with Crippen LogP contribution in [0.1, 0.15) is 39.8 Å². The van der Waals surface area contributed by atoms with Crippen molar-refractivity contribution in [1.82, 2.24) is 10.3 Å². The lowest BCUT2D eigenvalue weighted by Crippen LogP contribution is -2.29. The van der Waals surface area contributed by atoms with E-state index in [0.29, 0.717) is 16.9 Å². The highest BCUT2D eigenvalue weighted by atomic mass is 16.5. The molecule has 3 aromatic rings. The van der Waals surface area contributed by atoms with Crippen molar-refractivity contribution >= 4 is 28.6 Å². The Hall–Kier alpha value is -3.61. The summed E-state index contributed by atoms with van der Waals surface area (Å²) in [6, 6.07) is 14.3. The minimum absolute atomic E-state index is 0.0502. The average molecular weight is 408 g/mol. The number of aromatic nitrogens is 1. The number of aryl methyl sites for hydroxylation is 1. The van der Waals surface area contributed by atoms with Crippen LogP contribution in [0.25, 0.3) is 10.9 Å². The molecule has 0 saturated heterocycles. The predicted octanol–water partition coefficient (Wildman–Crippen LogP) is 3.42. The Balaban J connectivity index is 1.55. The van der Waals surface area contributed by atoms with Gasteiger partial charge in [0, 0.05) is 28.7 Å². The van der Waals surface area contributed by atoms with E-state index < -0.39 is 12.1 Å². The molecule has 0 radical (unpaired) electrons. The van der Waals surface area contributed by atoms with E-state index >= 15 is 0 Å². The molecule has 1 heterocycles. The molecule has 0 bridgehead atoms. The van der Waals surface area contributed by atoms with Gasteiger partial charge in [-0.15, -0.1) is 0 Å². The molecule has 1 aromatic heterocycles. The molecule has 0 saturated carbocycles. The molecule has 0 spiro atoms. The minimum Gasteiger partial charge on any atom is -0.496 e. The summed E-state index contributed by atoms with van der Waals surface area (Å²) in [6.07, 6.45) is -0.980. The standard InChI is InChI=1S/C23H24N2O5/c1-14-21(16-8-4-6-10-18(16)25-14)22(27)15(2)30-20(26)12-13-24-23(28)17-9-5-7-11-19(17)29-3/h4-11,15,25H,12-13H2,1-3H3,(H,24,28)/t15-/m0/s1. The van der Waals surface area contributed by atoms with Crippen LogP contribution in [-0.2, 0) is 9.53 Å². The van der Waals surface area contributed by atoms with Crippen molar-refractivity contribution in [1.29, 1.82) is 0 Å². The molecule has 0 aliphatic heterocycles. The van der Waals surface area contributed by atoms with E-state index in [4.69, 9.17) is 9.47 Å². The molecule has 3 rings (SSSR count). The van der Waals surface area contributed by atoms with E-state index in [2.05, 4.69) is 10.3 Å². The molecule has 0 aliphatic carbocycles. The number of amides is 1. The first-order valence-corrected chi connectivity index (χ1v) is 9.64. The third-order valence-corrected chi connectivity index (χ3v) is 4.78. The zero-order valence-corrected chi connectivity index (χ0v) is 17.2. The van der Waals surface area contributed by atoms with Gasteiger partial charge in [0.1, 0.15) is 5.75 Å². The van der Waals surface area contributed by atoms with Crippen molar-refractivity contribution in [2.45, 2.75) is 26.4 Å². The zero-order chi connectivity index (χ0) is 21.7. The van der Waals surface area contributed by atoms with Gasteiger partial charge in [-0.05, 0) is 32.0 Å². The number of esters is 1. The summed E-state index contributed by atoms with van der Waals surface area (Å²) in [5.74, 6) is -0.727. The fourth-order valence-electron chi connectivity index (χ4n) is 3.31. The fourth-order valence-corrected chi connectivity index (χ4v) is 3.31. The number of para-hydroxylation sites is 2. The van der Waals surface area contributed by atoms with Gasteiger partial charge >= 0.3 is 5.97 Å². The van der Waals surface area contributed by atoms with Crippen LogP contribution in [0.15, 0.2) is 48.5 Å². The monoisotopic (exact) mass is 408 g/mol. The predicted molar refractivity (Wildman–Crippen MR) is 113 cm³/mol. The van der Waals surface area contributed by atoms with Crippen LogP contribution in [-0.4, -0.2) is 42.4 Å². The van der Waals surface area contributed by atoms with Crippen molar-refractivity contribution in [2.75, 3.05) is 13.7 Å². The van der Waals surface area contributed by atoms with Gasteiger partial charge in [-0.3, -0.25) is 14.4 Å². The Labute approximate surface area is 174 Å². The van der Waals surface area contributed by atoms with Gasteiger partial charge in [-0.25, -0.2) is 0 Å². The number of fused-ring (bicyclic) bond motifs is 1. The third kappa shape index (κ3) is 4.51. The Kier molecular flexibility index (Phi) is 6.51. The van der Waals surface area contributed by atoms with Crippen LogP contribution in [0.2, 0.25) is 0 Å². The van der Waals surface area contributed by atoms with E-state index in [9.17, 15) is 14.4 Å². The lowest BCUT2D eigenvalue weighted by molar-refractivity contribution is -0.146. The molecule has 0 aliphatic rings. The number of hydrogen-bond acceptors (Lipinski definition) is 5. The molecule has 0 fully saturated rings. The topological polar surface area (TPSA) is 97.5 Å². The number of ketones is 1. The number of carbonyl (C=O) groups is 3. The second-order valence-electron chi connectivity index (χ2n) is 6.87. The highest BCUT2D eigenvalue weighted by Gasteiger charge is 2.24. The Bertz CT molecular complexity index is 1090. The molecule has 30 heavy (non-hydrogen) atoms. The summed E-state index contributed by atoms with van der Waals surface area (Å²) in [6.45, 7) is 3.45. The second kappa shape index (κ2) is 9.26. The first-order chi connectivity index (χ1) is 14.4. The smallest absolute Gasteiger partial charge is 0.308 e. The number of rotatable bonds is 8. The SMILES string of the molecule is COc1ccccc1C(=O)NCCC(=O)O[C@@H](C)C(=O)c1c(C)[nH]c2ccccc12. The van der Waals surface area contributed by atoms with Crippen LogP contribution in [0, 0.1) is 6.92 Å². The zero-order valence-electron chi connectivity index (χ0n) is 17.2. The van der Waals surface area contributed by atoms with E-state index in [0.717, 1.165) is 16.6 Å². The average Bonchev–Trinajstić information content (AvgIpc) is 3.08. The normalized spacial score (nSPS) is 11.7. The van der Waals surface area contributed by atoms with Crippen molar-refractivity contribution in [3.8, 4) is 5.75 Å². The van der Waals surface area contributed by atoms with Crippen LogP contribution >= 0.6 is 0 Å². The first kappa shape index (κ1) is 21.1. The van der Waals surface area contributed by atoms with Crippen LogP contribution in [0.5, 0.6) is 5.75 Å². The maximum atomic E-state index is 12.8. The Morgan fingerprint density at radius 1 is 1.07 bits per heavy atom. The maximum Gasteiger partial charge on any atom is 0.308 e. The van der Waals surface area contributed by atoms with Crippen molar-refractivity contribution in [3.63, 3.8) is 0 Å². The van der Waals surface area contributed by atoms with Gasteiger partial charge in [0.25, 0.3) is 5.91 Å². The summed E-state index contributed by atoms with van der Waals surface area (Å²) in [4.78, 5) is 40.4. The molecule has 1 atom stereocenters. The number of Topliss-reactive ketones (excluding diaryl/α,β-unsaturated/α-hetero) is 1. The molecule has 7 nitrogen and oxygen atoms in total. The Morgan fingerprint density at radius 3 is 2.53 bits per heavy atom. The van der Waals surface area contributed by atoms with Gasteiger partial charge in [0.05, 0.1) is 19.1 Å². The van der Waals surface area contributed by atoms with E-state index in [1.54, 1.807) is 31.2 Å². The van der Waals surface area contributed by atoms with Crippen molar-refractivity contribution in [3.05, 3.63) is 65.4 Å². The highest BCUT2D eigenvalue weighted by molar-refractivity contribution is 6.11. The Morgan fingerprint density at radius 2 is 1.77 bits per heavy atom. The number of benzene rings is 2. The van der Waals surface area contributed by atoms with Crippen LogP contribution in [0.3, 0.4) is 0 Å². The van der Waals surface area contributed by atoms with Crippen molar-refractivity contribution < 1.29 is 23.9 Å². The molecule has 2 aromatic carbocycles. The van der Waals surface area contributed by atoms with Gasteiger partial charge in [0.15, 0.2) is 6.10 Å². The number of H-pyrrole nitrogens is 1. The summed E-state index contributed by atoms with van der Waals surface area (Å²) in [5.41, 5.74) is 2.49. The summed E-state index contributed by atoms with van der Waals surface area (Å²) in [7, 11) is 1.48. The van der Waals surface area contributed by atoms with Gasteiger partial charge in [0.2, 0.25) is 5.78 Å². The number of aromatic amines is 1. The largest absolute Gasteiger partial charge is 0.496 e.